The largest absolute Gasteiger partial charge is 0.338 e. The first kappa shape index (κ1) is 18.5. The normalized spacial score (nSPS) is 11.3. The molecular formula is C20H23FN3OS+. The molecule has 0 fully saturated rings. The molecule has 0 aliphatic rings. The van der Waals surface area contributed by atoms with Crippen molar-refractivity contribution in [3.63, 3.8) is 0 Å². The molecule has 136 valence electrons. The van der Waals surface area contributed by atoms with Crippen molar-refractivity contribution in [1.82, 2.24) is 4.98 Å². The van der Waals surface area contributed by atoms with Crippen molar-refractivity contribution in [3.05, 3.63) is 58.9 Å². The van der Waals surface area contributed by atoms with Crippen LogP contribution in [0.2, 0.25) is 0 Å². The maximum atomic E-state index is 13.6. The highest BCUT2D eigenvalue weighted by atomic mass is 32.1. The maximum absolute atomic E-state index is 13.6. The van der Waals surface area contributed by atoms with E-state index in [4.69, 9.17) is 4.98 Å². The summed E-state index contributed by atoms with van der Waals surface area (Å²) in [6, 6.07) is 9.97. The van der Waals surface area contributed by atoms with Crippen LogP contribution in [-0.4, -0.2) is 38.1 Å². The van der Waals surface area contributed by atoms with Crippen LogP contribution in [-0.2, 0) is 0 Å². The highest BCUT2D eigenvalue weighted by Crippen LogP contribution is 2.32. The van der Waals surface area contributed by atoms with E-state index in [1.54, 1.807) is 17.0 Å². The first-order chi connectivity index (χ1) is 12.3. The molecule has 0 atom stereocenters. The number of carbonyl (C=O) groups excluding carboxylic acids is 1. The number of hydrogen-bond donors (Lipinski definition) is 1. The molecule has 2 aromatic carbocycles. The molecule has 4 nitrogen and oxygen atoms in total. The Morgan fingerprint density at radius 3 is 2.69 bits per heavy atom. The average Bonchev–Trinajstić information content (AvgIpc) is 2.98. The standard InChI is InChI=1S/C20H22FN3OS/c1-13-10-14(2)18-17(11-13)22-20(26-18)24(9-8-23(3)4)19(25)15-6-5-7-16(21)12-15/h5-7,10-12H,8-9H2,1-4H3/p+1. The summed E-state index contributed by atoms with van der Waals surface area (Å²) in [7, 11) is 4.08. The maximum Gasteiger partial charge on any atom is 0.260 e. The van der Waals surface area contributed by atoms with Crippen molar-refractivity contribution in [1.29, 1.82) is 0 Å². The summed E-state index contributed by atoms with van der Waals surface area (Å²) in [4.78, 5) is 20.7. The molecule has 0 spiro atoms. The van der Waals surface area contributed by atoms with Crippen molar-refractivity contribution >= 4 is 32.6 Å². The lowest BCUT2D eigenvalue weighted by molar-refractivity contribution is -0.856. The van der Waals surface area contributed by atoms with Crippen LogP contribution in [0.5, 0.6) is 0 Å². The van der Waals surface area contributed by atoms with Gasteiger partial charge in [0.2, 0.25) is 0 Å². The number of carbonyl (C=O) groups is 1. The zero-order chi connectivity index (χ0) is 18.8. The summed E-state index contributed by atoms with van der Waals surface area (Å²) >= 11 is 1.51. The van der Waals surface area contributed by atoms with E-state index in [1.165, 1.54) is 28.4 Å². The fourth-order valence-electron chi connectivity index (χ4n) is 2.88. The Kier molecular flexibility index (Phi) is 5.34. The monoisotopic (exact) mass is 372 g/mol. The number of benzene rings is 2. The molecule has 1 aromatic heterocycles. The van der Waals surface area contributed by atoms with Gasteiger partial charge in [0.1, 0.15) is 5.82 Å². The SMILES string of the molecule is Cc1cc(C)c2sc(N(CC[NH+](C)C)C(=O)c3cccc(F)c3)nc2c1. The lowest BCUT2D eigenvalue weighted by atomic mass is 10.1. The van der Waals surface area contributed by atoms with E-state index in [9.17, 15) is 9.18 Å². The van der Waals surface area contributed by atoms with Crippen molar-refractivity contribution in [2.75, 3.05) is 32.1 Å². The Balaban J connectivity index is 2.03. The molecule has 0 unspecified atom stereocenters. The van der Waals surface area contributed by atoms with Crippen LogP contribution in [0.4, 0.5) is 9.52 Å². The fourth-order valence-corrected chi connectivity index (χ4v) is 3.92. The van der Waals surface area contributed by atoms with Crippen LogP contribution < -0.4 is 9.80 Å². The van der Waals surface area contributed by atoms with Gasteiger partial charge >= 0.3 is 0 Å². The van der Waals surface area contributed by atoms with Gasteiger partial charge in [-0.3, -0.25) is 9.69 Å². The van der Waals surface area contributed by atoms with Gasteiger partial charge in [-0.2, -0.15) is 0 Å². The molecule has 1 N–H and O–H groups in total. The second kappa shape index (κ2) is 7.51. The lowest BCUT2D eigenvalue weighted by Gasteiger charge is -2.20. The predicted octanol–water partition coefficient (Wildman–Crippen LogP) is 2.84. The predicted molar refractivity (Wildman–Crippen MR) is 105 cm³/mol. The number of hydrogen-bond acceptors (Lipinski definition) is 3. The molecule has 1 heterocycles. The minimum Gasteiger partial charge on any atom is -0.338 e. The van der Waals surface area contributed by atoms with Crippen LogP contribution in [0.25, 0.3) is 10.2 Å². The summed E-state index contributed by atoms with van der Waals surface area (Å²) in [5, 5.41) is 0.657. The minimum atomic E-state index is -0.412. The van der Waals surface area contributed by atoms with Crippen LogP contribution in [0.15, 0.2) is 36.4 Å². The quantitative estimate of drug-likeness (QED) is 0.748. The number of aryl methyl sites for hydroxylation is 2. The number of nitrogens with one attached hydrogen (secondary N) is 1. The number of anilines is 1. The van der Waals surface area contributed by atoms with Crippen LogP contribution >= 0.6 is 11.3 Å². The first-order valence-corrected chi connectivity index (χ1v) is 9.41. The summed E-state index contributed by atoms with van der Waals surface area (Å²) in [5.41, 5.74) is 3.54. The Morgan fingerprint density at radius 1 is 1.23 bits per heavy atom. The van der Waals surface area contributed by atoms with Gasteiger partial charge in [0.25, 0.3) is 5.91 Å². The number of fused-ring (bicyclic) bond motifs is 1. The topological polar surface area (TPSA) is 37.6 Å². The zero-order valence-corrected chi connectivity index (χ0v) is 16.3. The molecule has 0 bridgehead atoms. The molecule has 0 saturated carbocycles. The van der Waals surface area contributed by atoms with E-state index in [1.807, 2.05) is 27.1 Å². The Hall–Kier alpha value is -2.31. The van der Waals surface area contributed by atoms with Crippen molar-refractivity contribution < 1.29 is 14.1 Å². The number of halogens is 1. The first-order valence-electron chi connectivity index (χ1n) is 8.59. The molecule has 1 amide bonds. The summed E-state index contributed by atoms with van der Waals surface area (Å²) in [6.45, 7) is 5.39. The number of likely N-dealkylation sites (N-methyl/N-ethyl adjacent to an activating group) is 1. The number of aromatic nitrogens is 1. The second-order valence-electron chi connectivity index (χ2n) is 6.85. The molecule has 6 heteroatoms. The number of nitrogens with zero attached hydrogens (tertiary/aromatic N) is 2. The molecular weight excluding hydrogens is 349 g/mol. The van der Waals surface area contributed by atoms with Crippen LogP contribution in [0.1, 0.15) is 21.5 Å². The molecule has 0 aliphatic carbocycles. The Labute approximate surface area is 156 Å². The second-order valence-corrected chi connectivity index (χ2v) is 7.83. The van der Waals surface area contributed by atoms with Gasteiger partial charge in [0, 0.05) is 5.56 Å². The van der Waals surface area contributed by atoms with Crippen molar-refractivity contribution in [2.24, 2.45) is 0 Å². The van der Waals surface area contributed by atoms with E-state index in [0.717, 1.165) is 27.9 Å². The lowest BCUT2D eigenvalue weighted by Crippen LogP contribution is -3.06. The molecule has 0 aliphatic heterocycles. The van der Waals surface area contributed by atoms with Crippen molar-refractivity contribution in [3.8, 4) is 0 Å². The Bertz CT molecular complexity index is 951. The third-order valence-electron chi connectivity index (χ3n) is 4.19. The number of quaternary nitrogens is 1. The fraction of sp³-hybridized carbons (Fsp3) is 0.300. The highest BCUT2D eigenvalue weighted by Gasteiger charge is 2.23. The Morgan fingerprint density at radius 2 is 2.00 bits per heavy atom. The molecule has 0 saturated heterocycles. The number of thiazole rings is 1. The van der Waals surface area contributed by atoms with Gasteiger partial charge in [-0.05, 0) is 49.2 Å². The van der Waals surface area contributed by atoms with E-state index in [-0.39, 0.29) is 5.91 Å². The number of rotatable bonds is 5. The molecule has 3 aromatic rings. The van der Waals surface area contributed by atoms with Crippen LogP contribution in [0.3, 0.4) is 0 Å². The molecule has 26 heavy (non-hydrogen) atoms. The van der Waals surface area contributed by atoms with Gasteiger partial charge in [-0.25, -0.2) is 9.37 Å². The highest BCUT2D eigenvalue weighted by molar-refractivity contribution is 7.22. The summed E-state index contributed by atoms with van der Waals surface area (Å²) < 4.78 is 14.7. The number of amides is 1. The van der Waals surface area contributed by atoms with Crippen LogP contribution in [0, 0.1) is 19.7 Å². The van der Waals surface area contributed by atoms with E-state index in [0.29, 0.717) is 17.2 Å². The van der Waals surface area contributed by atoms with Gasteiger partial charge in [0.05, 0.1) is 37.4 Å². The summed E-state index contributed by atoms with van der Waals surface area (Å²) in [5.74, 6) is -0.635. The average molecular weight is 372 g/mol. The van der Waals surface area contributed by atoms with Gasteiger partial charge in [-0.15, -0.1) is 0 Å². The van der Waals surface area contributed by atoms with Gasteiger partial charge in [-0.1, -0.05) is 23.5 Å². The third kappa shape index (κ3) is 3.92. The zero-order valence-electron chi connectivity index (χ0n) is 15.5. The van der Waals surface area contributed by atoms with E-state index < -0.39 is 5.82 Å². The molecule has 3 rings (SSSR count). The summed E-state index contributed by atoms with van der Waals surface area (Å²) in [6.07, 6.45) is 0. The third-order valence-corrected chi connectivity index (χ3v) is 5.42. The van der Waals surface area contributed by atoms with E-state index >= 15 is 0 Å². The molecule has 0 radical (unpaired) electrons. The van der Waals surface area contributed by atoms with Crippen molar-refractivity contribution in [2.45, 2.75) is 13.8 Å². The minimum absolute atomic E-state index is 0.223. The van der Waals surface area contributed by atoms with E-state index in [2.05, 4.69) is 13.0 Å². The van der Waals surface area contributed by atoms with Gasteiger partial charge in [0.15, 0.2) is 5.13 Å². The smallest absolute Gasteiger partial charge is 0.260 e. The van der Waals surface area contributed by atoms with Gasteiger partial charge < -0.3 is 4.90 Å².